The zero-order valence-electron chi connectivity index (χ0n) is 8.56. The maximum atomic E-state index is 11.0. The van der Waals surface area contributed by atoms with Crippen LogP contribution >= 0.6 is 11.9 Å². The van der Waals surface area contributed by atoms with Gasteiger partial charge in [0.2, 0.25) is 0 Å². The van der Waals surface area contributed by atoms with E-state index < -0.39 is 16.7 Å². The van der Waals surface area contributed by atoms with Gasteiger partial charge in [-0.3, -0.25) is 9.59 Å². The third-order valence-electron chi connectivity index (χ3n) is 1.41. The number of carbonyl (C=O) groups excluding carboxylic acids is 1. The van der Waals surface area contributed by atoms with Crippen molar-refractivity contribution in [3.63, 3.8) is 0 Å². The van der Waals surface area contributed by atoms with Gasteiger partial charge in [0.15, 0.2) is 0 Å². The molecule has 0 aliphatic heterocycles. The minimum atomic E-state index is -1.05. The van der Waals surface area contributed by atoms with Crippen molar-refractivity contribution in [1.82, 2.24) is 0 Å². The molecular formula is C8H13NO5S. The quantitative estimate of drug-likeness (QED) is 0.409. The molecule has 0 heterocycles. The Bertz CT molecular complexity index is 253. The Hall–Kier alpha value is -1.11. The Morgan fingerprint density at radius 2 is 2.00 bits per heavy atom. The van der Waals surface area contributed by atoms with Crippen LogP contribution in [0, 0.1) is 4.91 Å². The molecule has 0 saturated heterocycles. The lowest BCUT2D eigenvalue weighted by atomic mass is 10.2. The van der Waals surface area contributed by atoms with Crippen molar-refractivity contribution in [3.8, 4) is 0 Å². The van der Waals surface area contributed by atoms with E-state index >= 15 is 0 Å². The largest absolute Gasteiger partial charge is 0.481 e. The van der Waals surface area contributed by atoms with Crippen molar-refractivity contribution < 1.29 is 19.4 Å². The van der Waals surface area contributed by atoms with Gasteiger partial charge in [-0.1, -0.05) is 0 Å². The van der Waals surface area contributed by atoms with Crippen LogP contribution in [-0.2, 0) is 14.3 Å². The van der Waals surface area contributed by atoms with Crippen LogP contribution in [0.3, 0.4) is 0 Å². The summed E-state index contributed by atoms with van der Waals surface area (Å²) in [6, 6.07) is 0. The molecule has 0 amide bonds. The van der Waals surface area contributed by atoms with Gasteiger partial charge in [0.25, 0.3) is 0 Å². The molecule has 0 aliphatic carbocycles. The zero-order valence-corrected chi connectivity index (χ0v) is 9.37. The zero-order chi connectivity index (χ0) is 11.9. The van der Waals surface area contributed by atoms with Crippen molar-refractivity contribution in [2.75, 3.05) is 6.61 Å². The first-order valence-corrected chi connectivity index (χ1v) is 5.03. The number of carbonyl (C=O) groups is 2. The normalized spacial score (nSPS) is 10.8. The summed E-state index contributed by atoms with van der Waals surface area (Å²) >= 11 is 0.776. The van der Waals surface area contributed by atoms with Crippen LogP contribution < -0.4 is 0 Å². The highest BCUT2D eigenvalue weighted by Gasteiger charge is 2.22. The van der Waals surface area contributed by atoms with Crippen molar-refractivity contribution >= 4 is 23.9 Å². The monoisotopic (exact) mass is 235 g/mol. The van der Waals surface area contributed by atoms with Crippen LogP contribution in [-0.4, -0.2) is 28.4 Å². The molecule has 0 saturated carbocycles. The highest BCUT2D eigenvalue weighted by atomic mass is 32.2. The number of nitroso groups, excluding NO2 is 1. The Labute approximate surface area is 91.5 Å². The minimum absolute atomic E-state index is 0.0296. The van der Waals surface area contributed by atoms with Crippen LogP contribution in [0.5, 0.6) is 0 Å². The molecule has 7 heteroatoms. The van der Waals surface area contributed by atoms with Crippen molar-refractivity contribution in [3.05, 3.63) is 4.91 Å². The number of carboxylic acids is 1. The number of ether oxygens (including phenoxy) is 1. The molecule has 0 unspecified atom stereocenters. The Balaban J connectivity index is 3.79. The first kappa shape index (κ1) is 13.9. The fourth-order valence-electron chi connectivity index (χ4n) is 0.663. The molecule has 86 valence electrons. The van der Waals surface area contributed by atoms with Crippen LogP contribution in [0.15, 0.2) is 4.58 Å². The van der Waals surface area contributed by atoms with Crippen molar-refractivity contribution in [1.29, 1.82) is 0 Å². The lowest BCUT2D eigenvalue weighted by Gasteiger charge is -2.18. The molecule has 0 aromatic rings. The van der Waals surface area contributed by atoms with E-state index in [2.05, 4.69) is 4.58 Å². The number of hydrogen-bond donors (Lipinski definition) is 1. The SMILES string of the molecule is CC(C)(COC(=O)CCC(=O)O)SN=O. The van der Waals surface area contributed by atoms with E-state index in [0.29, 0.717) is 0 Å². The van der Waals surface area contributed by atoms with E-state index in [4.69, 9.17) is 9.84 Å². The van der Waals surface area contributed by atoms with E-state index in [-0.39, 0.29) is 19.4 Å². The Morgan fingerprint density at radius 1 is 1.40 bits per heavy atom. The number of aliphatic carboxylic acids is 1. The third-order valence-corrected chi connectivity index (χ3v) is 2.09. The summed E-state index contributed by atoms with van der Waals surface area (Å²) < 4.78 is 6.85. The first-order chi connectivity index (χ1) is 6.87. The number of rotatable bonds is 7. The van der Waals surface area contributed by atoms with E-state index in [9.17, 15) is 14.5 Å². The van der Waals surface area contributed by atoms with Gasteiger partial charge in [0, 0.05) is 16.5 Å². The molecular weight excluding hydrogens is 222 g/mol. The smallest absolute Gasteiger partial charge is 0.306 e. The van der Waals surface area contributed by atoms with Gasteiger partial charge in [-0.15, -0.1) is 4.91 Å². The maximum Gasteiger partial charge on any atom is 0.306 e. The summed E-state index contributed by atoms with van der Waals surface area (Å²) in [6.07, 6.45) is -0.414. The maximum absolute atomic E-state index is 11.0. The predicted octanol–water partition coefficient (Wildman–Crippen LogP) is 1.59. The van der Waals surface area contributed by atoms with Crippen LogP contribution in [0.25, 0.3) is 0 Å². The highest BCUT2D eigenvalue weighted by Crippen LogP contribution is 2.25. The number of hydrogen-bond acceptors (Lipinski definition) is 6. The standard InChI is InChI=1S/C8H13NO5S/c1-8(2,15-9-13)5-14-7(12)4-3-6(10)11/h3-5H2,1-2H3,(H,10,11). The first-order valence-electron chi connectivity index (χ1n) is 4.25. The molecule has 0 atom stereocenters. The minimum Gasteiger partial charge on any atom is -0.481 e. The van der Waals surface area contributed by atoms with E-state index in [1.807, 2.05) is 0 Å². The predicted molar refractivity (Wildman–Crippen MR) is 55.3 cm³/mol. The van der Waals surface area contributed by atoms with Gasteiger partial charge in [0.1, 0.15) is 6.61 Å². The van der Waals surface area contributed by atoms with E-state index in [1.54, 1.807) is 13.8 Å². The van der Waals surface area contributed by atoms with Crippen molar-refractivity contribution in [2.45, 2.75) is 31.4 Å². The van der Waals surface area contributed by atoms with E-state index in [1.165, 1.54) is 0 Å². The third kappa shape index (κ3) is 7.92. The molecule has 0 fully saturated rings. The molecule has 6 nitrogen and oxygen atoms in total. The molecule has 15 heavy (non-hydrogen) atoms. The molecule has 0 radical (unpaired) electrons. The number of carboxylic acid groups (broad SMARTS) is 1. The fraction of sp³-hybridized carbons (Fsp3) is 0.750. The summed E-state index contributed by atoms with van der Waals surface area (Å²) in [7, 11) is 0. The summed E-state index contributed by atoms with van der Waals surface area (Å²) in [4.78, 5) is 31.1. The highest BCUT2D eigenvalue weighted by molar-refractivity contribution is 7.99. The van der Waals surface area contributed by atoms with E-state index in [0.717, 1.165) is 11.9 Å². The summed E-state index contributed by atoms with van der Waals surface area (Å²) in [5.41, 5.74) is 0. The topological polar surface area (TPSA) is 93.0 Å². The van der Waals surface area contributed by atoms with Gasteiger partial charge >= 0.3 is 11.9 Å². The molecule has 0 spiro atoms. The second-order valence-electron chi connectivity index (χ2n) is 3.48. The number of esters is 1. The number of nitrogens with zero attached hydrogens (tertiary/aromatic N) is 1. The fourth-order valence-corrected chi connectivity index (χ4v) is 0.976. The van der Waals surface area contributed by atoms with Gasteiger partial charge in [-0.05, 0) is 13.8 Å². The molecule has 1 N–H and O–H groups in total. The molecule has 0 aromatic carbocycles. The van der Waals surface area contributed by atoms with Gasteiger partial charge in [0.05, 0.1) is 17.6 Å². The second-order valence-corrected chi connectivity index (χ2v) is 4.92. The molecule has 0 rings (SSSR count). The Morgan fingerprint density at radius 3 is 2.47 bits per heavy atom. The lowest BCUT2D eigenvalue weighted by Crippen LogP contribution is -2.24. The van der Waals surface area contributed by atoms with Gasteiger partial charge < -0.3 is 9.84 Å². The van der Waals surface area contributed by atoms with Crippen molar-refractivity contribution in [2.24, 2.45) is 4.58 Å². The Kier molecular flexibility index (Phi) is 5.92. The average Bonchev–Trinajstić information content (AvgIpc) is 2.11. The average molecular weight is 235 g/mol. The lowest BCUT2D eigenvalue weighted by molar-refractivity contribution is -0.148. The second kappa shape index (κ2) is 6.39. The van der Waals surface area contributed by atoms with Crippen LogP contribution in [0.1, 0.15) is 26.7 Å². The van der Waals surface area contributed by atoms with Gasteiger partial charge in [-0.25, -0.2) is 0 Å². The van der Waals surface area contributed by atoms with Crippen LogP contribution in [0.2, 0.25) is 0 Å². The molecule has 0 aliphatic rings. The molecule has 0 aromatic heterocycles. The van der Waals surface area contributed by atoms with Gasteiger partial charge in [-0.2, -0.15) is 0 Å². The summed E-state index contributed by atoms with van der Waals surface area (Å²) in [6.45, 7) is 3.43. The molecule has 0 bridgehead atoms. The summed E-state index contributed by atoms with van der Waals surface area (Å²) in [5, 5.41) is 8.31. The van der Waals surface area contributed by atoms with Crippen LogP contribution in [0.4, 0.5) is 0 Å². The summed E-state index contributed by atoms with van der Waals surface area (Å²) in [5.74, 6) is -1.63.